The van der Waals surface area contributed by atoms with Gasteiger partial charge in [0.2, 0.25) is 5.82 Å². The number of rotatable bonds is 6. The zero-order chi connectivity index (χ0) is 14.4. The van der Waals surface area contributed by atoms with E-state index in [0.29, 0.717) is 18.1 Å². The number of nitrogens with zero attached hydrogens (tertiary/aromatic N) is 1. The van der Waals surface area contributed by atoms with Crippen LogP contribution in [0.4, 0.5) is 10.1 Å². The van der Waals surface area contributed by atoms with Gasteiger partial charge < -0.3 is 4.74 Å². The van der Waals surface area contributed by atoms with Gasteiger partial charge in [-0.3, -0.25) is 10.1 Å². The first kappa shape index (κ1) is 14.3. The van der Waals surface area contributed by atoms with E-state index in [-0.39, 0.29) is 0 Å². The van der Waals surface area contributed by atoms with Crippen LogP contribution < -0.4 is 4.74 Å². The number of hydrogen-bond donors (Lipinski definition) is 0. The average Bonchev–Trinajstić information content (AvgIpc) is 2.44. The third-order valence-corrected chi connectivity index (χ3v) is 3.46. The minimum atomic E-state index is -0.886. The SMILES string of the molecule is O=[N+]([O-])c1ccc(OCCSc2ccccc2)cc1F. The standard InChI is InChI=1S/C14H12FNO3S/c15-13-10-11(6-7-14(13)16(17)18)19-8-9-20-12-4-2-1-3-5-12/h1-7,10H,8-9H2. The summed E-state index contributed by atoms with van der Waals surface area (Å²) in [4.78, 5) is 10.8. The van der Waals surface area contributed by atoms with E-state index in [9.17, 15) is 14.5 Å². The van der Waals surface area contributed by atoms with Gasteiger partial charge >= 0.3 is 5.69 Å². The fourth-order valence-electron chi connectivity index (χ4n) is 1.56. The number of nitro benzene ring substituents is 1. The Morgan fingerprint density at radius 1 is 1.20 bits per heavy atom. The van der Waals surface area contributed by atoms with E-state index in [0.717, 1.165) is 17.0 Å². The highest BCUT2D eigenvalue weighted by Crippen LogP contribution is 2.23. The molecule has 0 radical (unpaired) electrons. The van der Waals surface area contributed by atoms with E-state index < -0.39 is 16.4 Å². The van der Waals surface area contributed by atoms with Crippen LogP contribution >= 0.6 is 11.8 Å². The minimum Gasteiger partial charge on any atom is -0.493 e. The molecule has 2 aromatic carbocycles. The van der Waals surface area contributed by atoms with E-state index in [2.05, 4.69) is 0 Å². The zero-order valence-corrected chi connectivity index (χ0v) is 11.3. The largest absolute Gasteiger partial charge is 0.493 e. The molecule has 0 spiro atoms. The molecule has 0 atom stereocenters. The highest BCUT2D eigenvalue weighted by molar-refractivity contribution is 7.99. The second kappa shape index (κ2) is 6.91. The summed E-state index contributed by atoms with van der Waals surface area (Å²) in [5.74, 6) is 0.118. The molecular formula is C14H12FNO3S. The Bertz CT molecular complexity index is 592. The van der Waals surface area contributed by atoms with E-state index in [1.54, 1.807) is 11.8 Å². The van der Waals surface area contributed by atoms with Gasteiger partial charge in [-0.05, 0) is 18.2 Å². The van der Waals surface area contributed by atoms with Crippen molar-refractivity contribution >= 4 is 17.4 Å². The lowest BCUT2D eigenvalue weighted by atomic mass is 10.3. The molecule has 0 N–H and O–H groups in total. The lowest BCUT2D eigenvalue weighted by molar-refractivity contribution is -0.387. The van der Waals surface area contributed by atoms with Crippen molar-refractivity contribution in [1.29, 1.82) is 0 Å². The Morgan fingerprint density at radius 2 is 1.95 bits per heavy atom. The Balaban J connectivity index is 1.83. The van der Waals surface area contributed by atoms with Crippen molar-refractivity contribution in [3.63, 3.8) is 0 Å². The molecule has 0 bridgehead atoms. The molecule has 0 aliphatic carbocycles. The van der Waals surface area contributed by atoms with Gasteiger partial charge in [-0.2, -0.15) is 4.39 Å². The average molecular weight is 293 g/mol. The van der Waals surface area contributed by atoms with Crippen molar-refractivity contribution in [3.8, 4) is 5.75 Å². The van der Waals surface area contributed by atoms with E-state index >= 15 is 0 Å². The van der Waals surface area contributed by atoms with Gasteiger partial charge in [0, 0.05) is 22.8 Å². The molecule has 0 aliphatic heterocycles. The summed E-state index contributed by atoms with van der Waals surface area (Å²) in [6.45, 7) is 0.400. The van der Waals surface area contributed by atoms with Gasteiger partial charge in [0.05, 0.1) is 11.5 Å². The maximum absolute atomic E-state index is 13.3. The Morgan fingerprint density at radius 3 is 2.60 bits per heavy atom. The molecule has 0 heterocycles. The van der Waals surface area contributed by atoms with Gasteiger partial charge in [0.1, 0.15) is 5.75 Å². The molecule has 4 nitrogen and oxygen atoms in total. The number of thioether (sulfide) groups is 1. The predicted molar refractivity (Wildman–Crippen MR) is 75.7 cm³/mol. The number of hydrogen-bond acceptors (Lipinski definition) is 4. The maximum atomic E-state index is 13.3. The first-order valence-electron chi connectivity index (χ1n) is 5.91. The van der Waals surface area contributed by atoms with Gasteiger partial charge in [0.25, 0.3) is 0 Å². The Labute approximate surface area is 119 Å². The normalized spacial score (nSPS) is 10.2. The van der Waals surface area contributed by atoms with Crippen LogP contribution in [0.5, 0.6) is 5.75 Å². The van der Waals surface area contributed by atoms with Crippen LogP contribution in [-0.2, 0) is 0 Å². The molecule has 6 heteroatoms. The molecular weight excluding hydrogens is 281 g/mol. The van der Waals surface area contributed by atoms with Crippen molar-refractivity contribution in [2.75, 3.05) is 12.4 Å². The van der Waals surface area contributed by atoms with Crippen LogP contribution in [0.25, 0.3) is 0 Å². The minimum absolute atomic E-state index is 0.293. The van der Waals surface area contributed by atoms with Crippen LogP contribution in [-0.4, -0.2) is 17.3 Å². The number of ether oxygens (including phenoxy) is 1. The molecule has 20 heavy (non-hydrogen) atoms. The molecule has 104 valence electrons. The van der Waals surface area contributed by atoms with Crippen molar-refractivity contribution in [2.45, 2.75) is 4.90 Å². The first-order valence-corrected chi connectivity index (χ1v) is 6.90. The predicted octanol–water partition coefficient (Wildman–Crippen LogP) is 3.91. The topological polar surface area (TPSA) is 52.4 Å². The third kappa shape index (κ3) is 3.96. The summed E-state index contributed by atoms with van der Waals surface area (Å²) < 4.78 is 18.7. The van der Waals surface area contributed by atoms with Gasteiger partial charge in [0.15, 0.2) is 0 Å². The van der Waals surface area contributed by atoms with Crippen molar-refractivity contribution in [1.82, 2.24) is 0 Å². The Kier molecular flexibility index (Phi) is 4.95. The monoisotopic (exact) mass is 293 g/mol. The third-order valence-electron chi connectivity index (χ3n) is 2.48. The van der Waals surface area contributed by atoms with Gasteiger partial charge in [-0.15, -0.1) is 11.8 Å². The summed E-state index contributed by atoms with van der Waals surface area (Å²) in [5.41, 5.74) is -0.545. The zero-order valence-electron chi connectivity index (χ0n) is 10.5. The molecule has 0 aliphatic rings. The summed E-state index contributed by atoms with van der Waals surface area (Å²) in [6, 6.07) is 13.4. The molecule has 0 amide bonds. The first-order chi connectivity index (χ1) is 9.66. The fourth-order valence-corrected chi connectivity index (χ4v) is 2.31. The van der Waals surface area contributed by atoms with E-state index in [1.165, 1.54) is 6.07 Å². The number of benzene rings is 2. The van der Waals surface area contributed by atoms with Gasteiger partial charge in [-0.1, -0.05) is 18.2 Å². The Hall–Kier alpha value is -2.08. The van der Waals surface area contributed by atoms with Crippen LogP contribution in [0.2, 0.25) is 0 Å². The second-order valence-electron chi connectivity index (χ2n) is 3.88. The summed E-state index contributed by atoms with van der Waals surface area (Å²) >= 11 is 1.62. The van der Waals surface area contributed by atoms with Crippen LogP contribution in [0.15, 0.2) is 53.4 Å². The van der Waals surface area contributed by atoms with E-state index in [4.69, 9.17) is 4.74 Å². The summed E-state index contributed by atoms with van der Waals surface area (Å²) in [7, 11) is 0. The lowest BCUT2D eigenvalue weighted by Crippen LogP contribution is -2.01. The molecule has 0 unspecified atom stereocenters. The molecule has 0 saturated carbocycles. The maximum Gasteiger partial charge on any atom is 0.305 e. The lowest BCUT2D eigenvalue weighted by Gasteiger charge is -2.06. The van der Waals surface area contributed by atoms with Crippen LogP contribution in [0, 0.1) is 15.9 Å². The smallest absolute Gasteiger partial charge is 0.305 e. The molecule has 0 saturated heterocycles. The van der Waals surface area contributed by atoms with E-state index in [1.807, 2.05) is 30.3 Å². The summed E-state index contributed by atoms with van der Waals surface area (Å²) in [5, 5.41) is 10.5. The van der Waals surface area contributed by atoms with Crippen LogP contribution in [0.1, 0.15) is 0 Å². The molecule has 2 rings (SSSR count). The van der Waals surface area contributed by atoms with Crippen molar-refractivity contribution < 1.29 is 14.1 Å². The second-order valence-corrected chi connectivity index (χ2v) is 5.05. The highest BCUT2D eigenvalue weighted by Gasteiger charge is 2.14. The molecule has 0 fully saturated rings. The number of halogens is 1. The molecule has 0 aromatic heterocycles. The number of nitro groups is 1. The molecule has 2 aromatic rings. The fraction of sp³-hybridized carbons (Fsp3) is 0.143. The quantitative estimate of drug-likeness (QED) is 0.351. The highest BCUT2D eigenvalue weighted by atomic mass is 32.2. The van der Waals surface area contributed by atoms with Crippen LogP contribution in [0.3, 0.4) is 0 Å². The van der Waals surface area contributed by atoms with Crippen molar-refractivity contribution in [3.05, 3.63) is 64.5 Å². The van der Waals surface area contributed by atoms with Gasteiger partial charge in [-0.25, -0.2) is 0 Å². The van der Waals surface area contributed by atoms with Crippen molar-refractivity contribution in [2.24, 2.45) is 0 Å². The summed E-state index contributed by atoms with van der Waals surface area (Å²) in [6.07, 6.45) is 0.